The third-order valence-corrected chi connectivity index (χ3v) is 2.80. The van der Waals surface area contributed by atoms with E-state index >= 15 is 0 Å². The quantitative estimate of drug-likeness (QED) is 0.770. The Hall–Kier alpha value is -1.80. The SMILES string of the molecule is CCc1cc(CC#N)cc(CC)c1CC#N. The van der Waals surface area contributed by atoms with Crippen molar-refractivity contribution in [1.29, 1.82) is 10.5 Å². The van der Waals surface area contributed by atoms with Gasteiger partial charge in [-0.15, -0.1) is 0 Å². The molecule has 1 rings (SSSR count). The molecule has 0 fully saturated rings. The van der Waals surface area contributed by atoms with Crippen LogP contribution < -0.4 is 0 Å². The number of hydrogen-bond donors (Lipinski definition) is 0. The van der Waals surface area contributed by atoms with Gasteiger partial charge in [0.25, 0.3) is 0 Å². The molecule has 0 aliphatic carbocycles. The van der Waals surface area contributed by atoms with E-state index in [9.17, 15) is 0 Å². The van der Waals surface area contributed by atoms with Gasteiger partial charge in [-0.25, -0.2) is 0 Å². The largest absolute Gasteiger partial charge is 0.198 e. The molecule has 0 N–H and O–H groups in total. The van der Waals surface area contributed by atoms with Crippen molar-refractivity contribution >= 4 is 0 Å². The molecule has 2 nitrogen and oxygen atoms in total. The number of benzene rings is 1. The molecule has 2 heteroatoms. The molecular weight excluding hydrogens is 196 g/mol. The predicted octanol–water partition coefficient (Wildman–Crippen LogP) is 2.94. The summed E-state index contributed by atoms with van der Waals surface area (Å²) in [5.41, 5.74) is 4.66. The third kappa shape index (κ3) is 2.61. The molecule has 0 atom stereocenters. The minimum Gasteiger partial charge on any atom is -0.198 e. The summed E-state index contributed by atoms with van der Waals surface area (Å²) in [6.45, 7) is 4.18. The van der Waals surface area contributed by atoms with E-state index in [1.54, 1.807) is 0 Å². The molecule has 0 amide bonds. The lowest BCUT2D eigenvalue weighted by Gasteiger charge is -2.12. The fourth-order valence-electron chi connectivity index (χ4n) is 2.00. The fourth-order valence-corrected chi connectivity index (χ4v) is 2.00. The molecule has 0 heterocycles. The summed E-state index contributed by atoms with van der Waals surface area (Å²) in [6.07, 6.45) is 2.76. The van der Waals surface area contributed by atoms with Gasteiger partial charge < -0.3 is 0 Å². The summed E-state index contributed by atoms with van der Waals surface area (Å²) in [5.74, 6) is 0. The van der Waals surface area contributed by atoms with Gasteiger partial charge in [-0.1, -0.05) is 26.0 Å². The van der Waals surface area contributed by atoms with E-state index in [4.69, 9.17) is 10.5 Å². The molecule has 0 aromatic heterocycles. The molecule has 0 radical (unpaired) electrons. The van der Waals surface area contributed by atoms with E-state index < -0.39 is 0 Å². The molecule has 0 spiro atoms. The highest BCUT2D eigenvalue weighted by Crippen LogP contribution is 2.20. The van der Waals surface area contributed by atoms with E-state index in [-0.39, 0.29) is 0 Å². The van der Waals surface area contributed by atoms with Crippen molar-refractivity contribution in [3.8, 4) is 12.1 Å². The maximum atomic E-state index is 8.83. The van der Waals surface area contributed by atoms with Gasteiger partial charge in [0.1, 0.15) is 0 Å². The van der Waals surface area contributed by atoms with Crippen LogP contribution in [-0.2, 0) is 25.7 Å². The smallest absolute Gasteiger partial charge is 0.0669 e. The predicted molar refractivity (Wildman–Crippen MR) is 63.8 cm³/mol. The minimum atomic E-state index is 0.451. The molecule has 0 aliphatic heterocycles. The first-order valence-corrected chi connectivity index (χ1v) is 5.64. The zero-order valence-corrected chi connectivity index (χ0v) is 9.88. The van der Waals surface area contributed by atoms with E-state index in [1.807, 2.05) is 0 Å². The zero-order chi connectivity index (χ0) is 12.0. The zero-order valence-electron chi connectivity index (χ0n) is 9.88. The molecule has 0 aliphatic rings. The minimum absolute atomic E-state index is 0.451. The van der Waals surface area contributed by atoms with Crippen molar-refractivity contribution in [3.05, 3.63) is 34.4 Å². The third-order valence-electron chi connectivity index (χ3n) is 2.80. The van der Waals surface area contributed by atoms with Crippen molar-refractivity contribution in [3.63, 3.8) is 0 Å². The first-order valence-electron chi connectivity index (χ1n) is 5.64. The van der Waals surface area contributed by atoms with Crippen LogP contribution >= 0.6 is 0 Å². The fraction of sp³-hybridized carbons (Fsp3) is 0.429. The second kappa shape index (κ2) is 5.93. The highest BCUT2D eigenvalue weighted by molar-refractivity contribution is 5.41. The number of nitrogens with zero attached hydrogens (tertiary/aromatic N) is 2. The van der Waals surface area contributed by atoms with Crippen LogP contribution in [0.15, 0.2) is 12.1 Å². The van der Waals surface area contributed by atoms with Crippen LogP contribution in [0.2, 0.25) is 0 Å². The summed E-state index contributed by atoms with van der Waals surface area (Å²) < 4.78 is 0. The Morgan fingerprint density at radius 3 is 1.81 bits per heavy atom. The van der Waals surface area contributed by atoms with Gasteiger partial charge in [0.05, 0.1) is 25.0 Å². The summed E-state index contributed by atoms with van der Waals surface area (Å²) in [5, 5.41) is 17.5. The Bertz CT molecular complexity index is 422. The first-order chi connectivity index (χ1) is 7.76. The standard InChI is InChI=1S/C14H16N2/c1-3-12-9-11(5-7-15)10-13(4-2)14(12)6-8-16/h9-10H,3-6H2,1-2H3. The Labute approximate surface area is 97.1 Å². The summed E-state index contributed by atoms with van der Waals surface area (Å²) in [7, 11) is 0. The van der Waals surface area contributed by atoms with Crippen molar-refractivity contribution in [1.82, 2.24) is 0 Å². The second-order valence-electron chi connectivity index (χ2n) is 3.77. The Morgan fingerprint density at radius 2 is 1.44 bits per heavy atom. The Kier molecular flexibility index (Phi) is 4.55. The lowest BCUT2D eigenvalue weighted by atomic mass is 9.92. The number of rotatable bonds is 4. The lowest BCUT2D eigenvalue weighted by Crippen LogP contribution is -2.00. The van der Waals surface area contributed by atoms with E-state index in [0.717, 1.165) is 24.0 Å². The van der Waals surface area contributed by atoms with Crippen LogP contribution in [0.3, 0.4) is 0 Å². The van der Waals surface area contributed by atoms with Crippen LogP contribution in [-0.4, -0.2) is 0 Å². The molecule has 0 bridgehead atoms. The van der Waals surface area contributed by atoms with Gasteiger partial charge in [0.15, 0.2) is 0 Å². The maximum Gasteiger partial charge on any atom is 0.0669 e. The van der Waals surface area contributed by atoms with Gasteiger partial charge in [0.2, 0.25) is 0 Å². The molecule has 0 saturated heterocycles. The van der Waals surface area contributed by atoms with Crippen molar-refractivity contribution < 1.29 is 0 Å². The molecule has 1 aromatic carbocycles. The normalized spacial score (nSPS) is 9.50. The van der Waals surface area contributed by atoms with Gasteiger partial charge >= 0.3 is 0 Å². The van der Waals surface area contributed by atoms with Gasteiger partial charge in [0, 0.05) is 0 Å². The van der Waals surface area contributed by atoms with Gasteiger partial charge in [-0.3, -0.25) is 0 Å². The molecule has 0 saturated carbocycles. The van der Waals surface area contributed by atoms with Crippen LogP contribution in [0.1, 0.15) is 36.1 Å². The average molecular weight is 212 g/mol. The summed E-state index contributed by atoms with van der Waals surface area (Å²) in [4.78, 5) is 0. The highest BCUT2D eigenvalue weighted by atomic mass is 14.2. The first kappa shape index (κ1) is 12.3. The number of aryl methyl sites for hydroxylation is 2. The average Bonchev–Trinajstić information content (AvgIpc) is 2.31. The maximum absolute atomic E-state index is 8.83. The summed E-state index contributed by atoms with van der Waals surface area (Å²) >= 11 is 0. The van der Waals surface area contributed by atoms with Crippen LogP contribution in [0.5, 0.6) is 0 Å². The number of hydrogen-bond acceptors (Lipinski definition) is 2. The van der Waals surface area contributed by atoms with E-state index in [1.165, 1.54) is 11.1 Å². The van der Waals surface area contributed by atoms with E-state index in [0.29, 0.717) is 12.8 Å². The van der Waals surface area contributed by atoms with Crippen molar-refractivity contribution in [2.75, 3.05) is 0 Å². The summed E-state index contributed by atoms with van der Waals surface area (Å²) in [6, 6.07) is 8.52. The molecule has 0 unspecified atom stereocenters. The van der Waals surface area contributed by atoms with Crippen LogP contribution in [0.25, 0.3) is 0 Å². The van der Waals surface area contributed by atoms with Gasteiger partial charge in [-0.05, 0) is 35.1 Å². The monoisotopic (exact) mass is 212 g/mol. The topological polar surface area (TPSA) is 47.6 Å². The molecule has 82 valence electrons. The van der Waals surface area contributed by atoms with Crippen LogP contribution in [0, 0.1) is 22.7 Å². The van der Waals surface area contributed by atoms with E-state index in [2.05, 4.69) is 38.1 Å². The molecule has 16 heavy (non-hydrogen) atoms. The lowest BCUT2D eigenvalue weighted by molar-refractivity contribution is 1.00. The molecular formula is C14H16N2. The van der Waals surface area contributed by atoms with Crippen LogP contribution in [0.4, 0.5) is 0 Å². The molecule has 1 aromatic rings. The highest BCUT2D eigenvalue weighted by Gasteiger charge is 2.08. The second-order valence-corrected chi connectivity index (χ2v) is 3.77. The van der Waals surface area contributed by atoms with Gasteiger partial charge in [-0.2, -0.15) is 10.5 Å². The van der Waals surface area contributed by atoms with Crippen molar-refractivity contribution in [2.24, 2.45) is 0 Å². The Balaban J connectivity index is 3.27. The number of nitriles is 2. The van der Waals surface area contributed by atoms with Crippen molar-refractivity contribution in [2.45, 2.75) is 39.5 Å². The Morgan fingerprint density at radius 1 is 0.938 bits per heavy atom.